The molecule has 2 heteroatoms. The van der Waals surface area contributed by atoms with Gasteiger partial charge in [0.25, 0.3) is 0 Å². The highest BCUT2D eigenvalue weighted by atomic mass is 32.1. The van der Waals surface area contributed by atoms with Crippen molar-refractivity contribution in [2.24, 2.45) is 5.73 Å². The van der Waals surface area contributed by atoms with Crippen LogP contribution in [0, 0.1) is 6.92 Å². The number of thiophene rings is 1. The van der Waals surface area contributed by atoms with E-state index in [0.717, 1.165) is 6.42 Å². The fourth-order valence-electron chi connectivity index (χ4n) is 1.51. The second-order valence-corrected chi connectivity index (χ2v) is 4.52. The summed E-state index contributed by atoms with van der Waals surface area (Å²) in [6, 6.07) is 2.42. The van der Waals surface area contributed by atoms with E-state index >= 15 is 0 Å². The molecule has 0 aliphatic carbocycles. The van der Waals surface area contributed by atoms with Crippen LogP contribution >= 0.6 is 11.3 Å². The number of hydrogen-bond acceptors (Lipinski definition) is 2. The van der Waals surface area contributed by atoms with Gasteiger partial charge in [0.1, 0.15) is 0 Å². The first-order chi connectivity index (χ1) is 6.25. The molecule has 74 valence electrons. The van der Waals surface area contributed by atoms with Gasteiger partial charge in [-0.25, -0.2) is 0 Å². The molecule has 0 saturated heterocycles. The fourth-order valence-corrected chi connectivity index (χ4v) is 2.47. The molecule has 0 bridgehead atoms. The van der Waals surface area contributed by atoms with Crippen LogP contribution in [-0.2, 0) is 0 Å². The lowest BCUT2D eigenvalue weighted by atomic mass is 10.1. The Bertz CT molecular complexity index is 242. The predicted molar refractivity (Wildman–Crippen MR) is 60.1 cm³/mol. The summed E-state index contributed by atoms with van der Waals surface area (Å²) in [6.07, 6.45) is 4.97. The molecule has 1 atom stereocenters. The Labute approximate surface area is 85.0 Å². The van der Waals surface area contributed by atoms with E-state index in [-0.39, 0.29) is 6.04 Å². The van der Waals surface area contributed by atoms with E-state index in [1.165, 1.54) is 29.7 Å². The van der Waals surface area contributed by atoms with Crippen LogP contribution < -0.4 is 5.73 Å². The number of hydrogen-bond donors (Lipinski definition) is 1. The lowest BCUT2D eigenvalue weighted by Crippen LogP contribution is -2.09. The molecule has 1 nitrogen and oxygen atoms in total. The SMILES string of the molecule is CCCCC[C@H](N)c1sccc1C. The number of rotatable bonds is 5. The van der Waals surface area contributed by atoms with Gasteiger partial charge in [-0.3, -0.25) is 0 Å². The third-order valence-corrected chi connectivity index (χ3v) is 3.51. The Morgan fingerprint density at radius 3 is 2.77 bits per heavy atom. The molecule has 1 heterocycles. The molecule has 1 aromatic rings. The molecule has 1 aromatic heterocycles. The average Bonchev–Trinajstić information content (AvgIpc) is 2.52. The highest BCUT2D eigenvalue weighted by Crippen LogP contribution is 2.25. The zero-order chi connectivity index (χ0) is 9.68. The Hall–Kier alpha value is -0.340. The third-order valence-electron chi connectivity index (χ3n) is 2.36. The lowest BCUT2D eigenvalue weighted by molar-refractivity contribution is 0.586. The molecule has 0 radical (unpaired) electrons. The Balaban J connectivity index is 2.39. The van der Waals surface area contributed by atoms with Gasteiger partial charge in [0, 0.05) is 10.9 Å². The molecular weight excluding hydrogens is 178 g/mol. The highest BCUT2D eigenvalue weighted by molar-refractivity contribution is 7.10. The minimum atomic E-state index is 0.270. The summed E-state index contributed by atoms with van der Waals surface area (Å²) in [5.74, 6) is 0. The van der Waals surface area contributed by atoms with Gasteiger partial charge in [0.15, 0.2) is 0 Å². The summed E-state index contributed by atoms with van der Waals surface area (Å²) in [5.41, 5.74) is 7.45. The van der Waals surface area contributed by atoms with Gasteiger partial charge in [-0.05, 0) is 30.4 Å². The summed E-state index contributed by atoms with van der Waals surface area (Å²) >= 11 is 1.79. The van der Waals surface area contributed by atoms with Crippen molar-refractivity contribution >= 4 is 11.3 Å². The standard InChI is InChI=1S/C11H19NS/c1-3-4-5-6-10(12)11-9(2)7-8-13-11/h7-8,10H,3-6,12H2,1-2H3/t10-/m0/s1. The molecule has 2 N–H and O–H groups in total. The van der Waals surface area contributed by atoms with E-state index in [2.05, 4.69) is 25.3 Å². The highest BCUT2D eigenvalue weighted by Gasteiger charge is 2.09. The second-order valence-electron chi connectivity index (χ2n) is 3.57. The Kier molecular flexibility index (Phi) is 4.46. The molecule has 1 rings (SSSR count). The maximum Gasteiger partial charge on any atom is 0.0392 e. The molecule has 0 amide bonds. The number of aryl methyl sites for hydroxylation is 1. The van der Waals surface area contributed by atoms with Crippen molar-refractivity contribution in [3.05, 3.63) is 21.9 Å². The predicted octanol–water partition coefficient (Wildman–Crippen LogP) is 3.64. The van der Waals surface area contributed by atoms with Crippen LogP contribution in [-0.4, -0.2) is 0 Å². The summed E-state index contributed by atoms with van der Waals surface area (Å²) in [7, 11) is 0. The molecule has 13 heavy (non-hydrogen) atoms. The van der Waals surface area contributed by atoms with E-state index in [4.69, 9.17) is 5.73 Å². The van der Waals surface area contributed by atoms with Crippen molar-refractivity contribution in [1.82, 2.24) is 0 Å². The van der Waals surface area contributed by atoms with Crippen molar-refractivity contribution in [3.8, 4) is 0 Å². The van der Waals surface area contributed by atoms with Gasteiger partial charge in [-0.1, -0.05) is 26.2 Å². The largest absolute Gasteiger partial charge is 0.323 e. The maximum atomic E-state index is 6.09. The lowest BCUT2D eigenvalue weighted by Gasteiger charge is -2.10. The van der Waals surface area contributed by atoms with Crippen LogP contribution in [0.3, 0.4) is 0 Å². The summed E-state index contributed by atoms with van der Waals surface area (Å²) in [5, 5.41) is 2.13. The van der Waals surface area contributed by atoms with Crippen LogP contribution in [0.1, 0.15) is 49.1 Å². The van der Waals surface area contributed by atoms with Crippen molar-refractivity contribution in [3.63, 3.8) is 0 Å². The first kappa shape index (κ1) is 10.7. The molecule has 0 aliphatic heterocycles. The van der Waals surface area contributed by atoms with Gasteiger partial charge in [0.2, 0.25) is 0 Å². The summed E-state index contributed by atoms with van der Waals surface area (Å²) < 4.78 is 0. The van der Waals surface area contributed by atoms with Crippen LogP contribution in [0.5, 0.6) is 0 Å². The first-order valence-electron chi connectivity index (χ1n) is 5.05. The monoisotopic (exact) mass is 197 g/mol. The number of nitrogens with two attached hydrogens (primary N) is 1. The summed E-state index contributed by atoms with van der Waals surface area (Å²) in [4.78, 5) is 1.37. The summed E-state index contributed by atoms with van der Waals surface area (Å²) in [6.45, 7) is 4.37. The van der Waals surface area contributed by atoms with Gasteiger partial charge >= 0.3 is 0 Å². The van der Waals surface area contributed by atoms with Crippen LogP contribution in [0.25, 0.3) is 0 Å². The topological polar surface area (TPSA) is 26.0 Å². The van der Waals surface area contributed by atoms with Gasteiger partial charge in [-0.15, -0.1) is 11.3 Å². The fraction of sp³-hybridized carbons (Fsp3) is 0.636. The zero-order valence-corrected chi connectivity index (χ0v) is 9.36. The van der Waals surface area contributed by atoms with Crippen LogP contribution in [0.2, 0.25) is 0 Å². The van der Waals surface area contributed by atoms with E-state index < -0.39 is 0 Å². The molecular formula is C11H19NS. The van der Waals surface area contributed by atoms with Crippen LogP contribution in [0.15, 0.2) is 11.4 Å². The van der Waals surface area contributed by atoms with Crippen molar-refractivity contribution < 1.29 is 0 Å². The maximum absolute atomic E-state index is 6.09. The van der Waals surface area contributed by atoms with Gasteiger partial charge < -0.3 is 5.73 Å². The second kappa shape index (κ2) is 5.40. The first-order valence-corrected chi connectivity index (χ1v) is 5.93. The third kappa shape index (κ3) is 3.12. The minimum absolute atomic E-state index is 0.270. The smallest absolute Gasteiger partial charge is 0.0392 e. The van der Waals surface area contributed by atoms with E-state index in [0.29, 0.717) is 0 Å². The Morgan fingerprint density at radius 2 is 2.23 bits per heavy atom. The zero-order valence-electron chi connectivity index (χ0n) is 8.55. The average molecular weight is 197 g/mol. The quantitative estimate of drug-likeness (QED) is 0.717. The van der Waals surface area contributed by atoms with E-state index in [1.807, 2.05) is 0 Å². The molecule has 0 saturated carbocycles. The molecule has 0 aliphatic rings. The van der Waals surface area contributed by atoms with Crippen molar-refractivity contribution in [2.45, 2.75) is 45.6 Å². The van der Waals surface area contributed by atoms with Crippen LogP contribution in [0.4, 0.5) is 0 Å². The number of unbranched alkanes of at least 4 members (excludes halogenated alkanes) is 2. The molecule has 0 unspecified atom stereocenters. The van der Waals surface area contributed by atoms with Crippen molar-refractivity contribution in [2.75, 3.05) is 0 Å². The minimum Gasteiger partial charge on any atom is -0.323 e. The molecule has 0 aromatic carbocycles. The van der Waals surface area contributed by atoms with E-state index in [9.17, 15) is 0 Å². The van der Waals surface area contributed by atoms with E-state index in [1.54, 1.807) is 11.3 Å². The van der Waals surface area contributed by atoms with Crippen molar-refractivity contribution in [1.29, 1.82) is 0 Å². The Morgan fingerprint density at radius 1 is 1.46 bits per heavy atom. The normalized spacial score (nSPS) is 13.2. The van der Waals surface area contributed by atoms with Gasteiger partial charge in [0.05, 0.1) is 0 Å². The molecule has 0 fully saturated rings. The molecule has 0 spiro atoms. The van der Waals surface area contributed by atoms with Gasteiger partial charge in [-0.2, -0.15) is 0 Å².